The van der Waals surface area contributed by atoms with Crippen LogP contribution in [0.1, 0.15) is 62.6 Å². The minimum atomic E-state index is 0.506. The van der Waals surface area contributed by atoms with E-state index >= 15 is 0 Å². The molecule has 136 valence electrons. The van der Waals surface area contributed by atoms with Crippen LogP contribution in [0, 0.1) is 5.92 Å². The summed E-state index contributed by atoms with van der Waals surface area (Å²) in [5.74, 6) is 2.79. The van der Waals surface area contributed by atoms with E-state index in [0.29, 0.717) is 12.6 Å². The maximum atomic E-state index is 4.96. The predicted octanol–water partition coefficient (Wildman–Crippen LogP) is 2.31. The lowest BCUT2D eigenvalue weighted by atomic mass is 9.94. The first-order valence-corrected chi connectivity index (χ1v) is 9.75. The summed E-state index contributed by atoms with van der Waals surface area (Å²) in [6.07, 6.45) is 13.6. The van der Waals surface area contributed by atoms with Gasteiger partial charge in [0.2, 0.25) is 0 Å². The second kappa shape index (κ2) is 7.64. The molecule has 7 nitrogen and oxygen atoms in total. The minimum Gasteiger partial charge on any atom is -0.306 e. The Morgan fingerprint density at radius 1 is 1.08 bits per heavy atom. The Morgan fingerprint density at radius 2 is 1.88 bits per heavy atom. The molecule has 3 heterocycles. The van der Waals surface area contributed by atoms with Crippen molar-refractivity contribution >= 4 is 0 Å². The van der Waals surface area contributed by atoms with Gasteiger partial charge < -0.3 is 4.90 Å². The molecule has 0 atom stereocenters. The van der Waals surface area contributed by atoms with Gasteiger partial charge in [-0.3, -0.25) is 0 Å². The molecule has 2 aliphatic rings. The van der Waals surface area contributed by atoms with Crippen LogP contribution in [0.4, 0.5) is 0 Å². The van der Waals surface area contributed by atoms with E-state index in [9.17, 15) is 0 Å². The van der Waals surface area contributed by atoms with Crippen LogP contribution in [0.2, 0.25) is 0 Å². The van der Waals surface area contributed by atoms with Gasteiger partial charge in [0.25, 0.3) is 0 Å². The van der Waals surface area contributed by atoms with Crippen molar-refractivity contribution in [3.05, 3.63) is 24.0 Å². The highest BCUT2D eigenvalue weighted by Gasteiger charge is 2.24. The van der Waals surface area contributed by atoms with E-state index in [1.165, 1.54) is 58.0 Å². The van der Waals surface area contributed by atoms with Crippen LogP contribution in [-0.4, -0.2) is 54.8 Å². The molecule has 0 spiro atoms. The number of aromatic nitrogens is 6. The zero-order valence-electron chi connectivity index (χ0n) is 15.2. The highest BCUT2D eigenvalue weighted by Crippen LogP contribution is 2.29. The Labute approximate surface area is 149 Å². The molecule has 0 N–H and O–H groups in total. The van der Waals surface area contributed by atoms with E-state index in [1.807, 2.05) is 10.9 Å². The Bertz CT molecular complexity index is 649. The lowest BCUT2D eigenvalue weighted by Crippen LogP contribution is -2.31. The van der Waals surface area contributed by atoms with Gasteiger partial charge in [0.15, 0.2) is 5.82 Å². The molecule has 2 fully saturated rings. The first-order valence-electron chi connectivity index (χ1n) is 9.75. The smallest absolute Gasteiger partial charge is 0.151 e. The molecule has 1 aliphatic carbocycles. The fraction of sp³-hybridized carbons (Fsp3) is 0.778. The minimum absolute atomic E-state index is 0.506. The van der Waals surface area contributed by atoms with E-state index in [0.717, 1.165) is 24.0 Å². The van der Waals surface area contributed by atoms with Gasteiger partial charge in [0.05, 0.1) is 12.2 Å². The zero-order chi connectivity index (χ0) is 17.1. The average Bonchev–Trinajstić information content (AvgIpc) is 3.28. The third-order valence-corrected chi connectivity index (χ3v) is 5.75. The molecule has 0 bridgehead atoms. The van der Waals surface area contributed by atoms with Gasteiger partial charge in [-0.05, 0) is 51.7 Å². The first-order chi connectivity index (χ1) is 12.3. The van der Waals surface area contributed by atoms with E-state index < -0.39 is 0 Å². The maximum absolute atomic E-state index is 4.96. The largest absolute Gasteiger partial charge is 0.306 e. The first kappa shape index (κ1) is 16.7. The molecule has 0 unspecified atom stereocenters. The van der Waals surface area contributed by atoms with Crippen LogP contribution in [0.15, 0.2) is 12.4 Å². The normalized spacial score (nSPS) is 21.0. The van der Waals surface area contributed by atoms with Gasteiger partial charge >= 0.3 is 0 Å². The van der Waals surface area contributed by atoms with Crippen molar-refractivity contribution in [3.8, 4) is 0 Å². The van der Waals surface area contributed by atoms with Gasteiger partial charge in [0, 0.05) is 12.6 Å². The summed E-state index contributed by atoms with van der Waals surface area (Å²) in [5, 5.41) is 13.0. The predicted molar refractivity (Wildman–Crippen MR) is 95.2 cm³/mol. The zero-order valence-corrected chi connectivity index (χ0v) is 15.2. The van der Waals surface area contributed by atoms with E-state index in [2.05, 4.69) is 26.9 Å². The Balaban J connectivity index is 1.52. The molecule has 0 amide bonds. The number of likely N-dealkylation sites (tertiary alicyclic amines) is 1. The summed E-state index contributed by atoms with van der Waals surface area (Å²) in [4.78, 5) is 7.34. The Hall–Kier alpha value is -1.76. The van der Waals surface area contributed by atoms with E-state index in [4.69, 9.17) is 10.1 Å². The molecule has 1 aliphatic heterocycles. The van der Waals surface area contributed by atoms with Gasteiger partial charge in [-0.15, -0.1) is 5.10 Å². The van der Waals surface area contributed by atoms with E-state index in [-0.39, 0.29) is 0 Å². The third-order valence-electron chi connectivity index (χ3n) is 5.75. The standard InChI is InChI=1S/C18H29N7/c1-23-10-7-15(8-11-23)13-17-20-18(14-24-12-9-19-22-24)25(21-17)16-5-3-2-4-6-16/h9,12,15-16H,2-8,10-11,13-14H2,1H3. The highest BCUT2D eigenvalue weighted by atomic mass is 15.4. The van der Waals surface area contributed by atoms with Crippen LogP contribution >= 0.6 is 0 Å². The summed E-state index contributed by atoms with van der Waals surface area (Å²) >= 11 is 0. The van der Waals surface area contributed by atoms with Crippen LogP contribution in [-0.2, 0) is 13.0 Å². The summed E-state index contributed by atoms with van der Waals surface area (Å²) in [6.45, 7) is 3.05. The SMILES string of the molecule is CN1CCC(Cc2nc(Cn3ccnn3)n(C3CCCCC3)n2)CC1. The van der Waals surface area contributed by atoms with Crippen molar-refractivity contribution < 1.29 is 0 Å². The Morgan fingerprint density at radius 3 is 2.60 bits per heavy atom. The number of piperidine rings is 1. The molecule has 1 saturated carbocycles. The van der Waals surface area contributed by atoms with Crippen molar-refractivity contribution in [1.82, 2.24) is 34.7 Å². The molecule has 4 rings (SSSR count). The van der Waals surface area contributed by atoms with E-state index in [1.54, 1.807) is 6.20 Å². The molecule has 25 heavy (non-hydrogen) atoms. The molecular weight excluding hydrogens is 314 g/mol. The summed E-state index contributed by atoms with van der Waals surface area (Å²) in [5.41, 5.74) is 0. The summed E-state index contributed by atoms with van der Waals surface area (Å²) < 4.78 is 4.06. The quantitative estimate of drug-likeness (QED) is 0.833. The van der Waals surface area contributed by atoms with Crippen molar-refractivity contribution in [2.75, 3.05) is 20.1 Å². The molecule has 7 heteroatoms. The Kier molecular flexibility index (Phi) is 5.10. The van der Waals surface area contributed by atoms with Gasteiger partial charge in [-0.1, -0.05) is 24.5 Å². The van der Waals surface area contributed by atoms with Crippen LogP contribution in [0.25, 0.3) is 0 Å². The molecule has 0 aromatic carbocycles. The molecule has 2 aromatic heterocycles. The lowest BCUT2D eigenvalue weighted by Gasteiger charge is -2.28. The third kappa shape index (κ3) is 4.08. The topological polar surface area (TPSA) is 64.7 Å². The number of rotatable bonds is 5. The van der Waals surface area contributed by atoms with Crippen LogP contribution in [0.5, 0.6) is 0 Å². The fourth-order valence-corrected chi connectivity index (χ4v) is 4.20. The summed E-state index contributed by atoms with van der Waals surface area (Å²) in [6, 6.07) is 0.506. The lowest BCUT2D eigenvalue weighted by molar-refractivity contribution is 0.217. The van der Waals surface area contributed by atoms with Crippen LogP contribution < -0.4 is 0 Å². The average molecular weight is 343 g/mol. The highest BCUT2D eigenvalue weighted by molar-refractivity contribution is 4.98. The van der Waals surface area contributed by atoms with Crippen molar-refractivity contribution in [1.29, 1.82) is 0 Å². The second-order valence-corrected chi connectivity index (χ2v) is 7.73. The second-order valence-electron chi connectivity index (χ2n) is 7.73. The van der Waals surface area contributed by atoms with Crippen molar-refractivity contribution in [3.63, 3.8) is 0 Å². The fourth-order valence-electron chi connectivity index (χ4n) is 4.20. The maximum Gasteiger partial charge on any atom is 0.151 e. The van der Waals surface area contributed by atoms with Gasteiger partial charge in [-0.2, -0.15) is 5.10 Å². The van der Waals surface area contributed by atoms with Gasteiger partial charge in [0.1, 0.15) is 12.4 Å². The molecular formula is C18H29N7. The molecule has 1 saturated heterocycles. The summed E-state index contributed by atoms with van der Waals surface area (Å²) in [7, 11) is 2.21. The van der Waals surface area contributed by atoms with Crippen molar-refractivity contribution in [2.45, 2.75) is 64.0 Å². The monoisotopic (exact) mass is 343 g/mol. The van der Waals surface area contributed by atoms with Crippen molar-refractivity contribution in [2.24, 2.45) is 5.92 Å². The number of nitrogens with zero attached hydrogens (tertiary/aromatic N) is 7. The molecule has 0 radical (unpaired) electrons. The van der Waals surface area contributed by atoms with Gasteiger partial charge in [-0.25, -0.2) is 14.3 Å². The number of hydrogen-bond acceptors (Lipinski definition) is 5. The molecule has 2 aromatic rings. The van der Waals surface area contributed by atoms with Crippen LogP contribution in [0.3, 0.4) is 0 Å². The number of hydrogen-bond donors (Lipinski definition) is 0.